The van der Waals surface area contributed by atoms with E-state index in [2.05, 4.69) is 36.4 Å². The van der Waals surface area contributed by atoms with E-state index < -0.39 is 0 Å². The van der Waals surface area contributed by atoms with E-state index in [9.17, 15) is 4.79 Å². The van der Waals surface area contributed by atoms with Crippen molar-refractivity contribution in [3.63, 3.8) is 0 Å². The Hall–Kier alpha value is -2.94. The molecule has 4 rings (SSSR count). The van der Waals surface area contributed by atoms with Gasteiger partial charge in [-0.25, -0.2) is 4.98 Å². The molecule has 1 aromatic carbocycles. The maximum Gasteiger partial charge on any atom is 0.275 e. The molecule has 0 saturated carbocycles. The largest absolute Gasteiger partial charge is 0.486 e. The summed E-state index contributed by atoms with van der Waals surface area (Å²) in [5.74, 6) is 1.46. The molecule has 1 N–H and O–H groups in total. The fourth-order valence-corrected chi connectivity index (χ4v) is 2.77. The summed E-state index contributed by atoms with van der Waals surface area (Å²) in [5, 5.41) is 10.3. The van der Waals surface area contributed by atoms with Crippen molar-refractivity contribution in [1.29, 1.82) is 0 Å². The van der Waals surface area contributed by atoms with Gasteiger partial charge in [0, 0.05) is 16.2 Å². The molecule has 126 valence electrons. The van der Waals surface area contributed by atoms with Crippen molar-refractivity contribution < 1.29 is 14.3 Å². The molecule has 1 aliphatic rings. The average Bonchev–Trinajstić information content (AvgIpc) is 3.16. The number of pyridine rings is 1. The summed E-state index contributed by atoms with van der Waals surface area (Å²) < 4.78 is 13.2. The second kappa shape index (κ2) is 6.52. The average molecular weight is 402 g/mol. The van der Waals surface area contributed by atoms with Gasteiger partial charge in [0.25, 0.3) is 5.91 Å². The van der Waals surface area contributed by atoms with Gasteiger partial charge in [-0.1, -0.05) is 0 Å². The number of hydrogen-bond acceptors (Lipinski definition) is 6. The Morgan fingerprint density at radius 1 is 1.08 bits per heavy atom. The lowest BCUT2D eigenvalue weighted by Gasteiger charge is -2.19. The highest BCUT2D eigenvalue weighted by Crippen LogP contribution is 2.32. The fraction of sp³-hybridized carbons (Fsp3) is 0.125. The third-order valence-electron chi connectivity index (χ3n) is 3.53. The lowest BCUT2D eigenvalue weighted by atomic mass is 10.2. The van der Waals surface area contributed by atoms with Gasteiger partial charge in [-0.2, -0.15) is 0 Å². The number of nitrogens with zero attached hydrogens (tertiary/aromatic N) is 4. The van der Waals surface area contributed by atoms with Crippen LogP contribution in [0.4, 0.5) is 5.69 Å². The SMILES string of the molecule is O=C(Nc1ccc2c(c1)OCCO2)c1nc(-n2cnnc2)ccc1Br. The molecule has 25 heavy (non-hydrogen) atoms. The van der Waals surface area contributed by atoms with Crippen molar-refractivity contribution in [3.8, 4) is 17.3 Å². The zero-order valence-electron chi connectivity index (χ0n) is 12.8. The smallest absolute Gasteiger partial charge is 0.275 e. The van der Waals surface area contributed by atoms with E-state index in [1.54, 1.807) is 34.9 Å². The first-order valence-corrected chi connectivity index (χ1v) is 8.22. The Morgan fingerprint density at radius 2 is 1.84 bits per heavy atom. The van der Waals surface area contributed by atoms with Gasteiger partial charge in [0.15, 0.2) is 11.5 Å². The first kappa shape index (κ1) is 15.6. The third-order valence-corrected chi connectivity index (χ3v) is 4.17. The highest BCUT2D eigenvalue weighted by molar-refractivity contribution is 9.10. The zero-order chi connectivity index (χ0) is 17.2. The number of carbonyl (C=O) groups excluding carboxylic acids is 1. The van der Waals surface area contributed by atoms with E-state index in [1.165, 1.54) is 12.7 Å². The van der Waals surface area contributed by atoms with Crippen LogP contribution in [-0.2, 0) is 0 Å². The van der Waals surface area contributed by atoms with Crippen LogP contribution in [0, 0.1) is 0 Å². The molecule has 1 aliphatic heterocycles. The van der Waals surface area contributed by atoms with Crippen LogP contribution >= 0.6 is 15.9 Å². The molecule has 0 saturated heterocycles. The number of hydrogen-bond donors (Lipinski definition) is 1. The number of carbonyl (C=O) groups is 1. The van der Waals surface area contributed by atoms with Gasteiger partial charge in [-0.3, -0.25) is 9.36 Å². The lowest BCUT2D eigenvalue weighted by Crippen LogP contribution is -2.17. The van der Waals surface area contributed by atoms with Crippen molar-refractivity contribution in [2.24, 2.45) is 0 Å². The van der Waals surface area contributed by atoms with E-state index in [0.29, 0.717) is 40.7 Å². The van der Waals surface area contributed by atoms with E-state index >= 15 is 0 Å². The van der Waals surface area contributed by atoms with Crippen molar-refractivity contribution in [1.82, 2.24) is 19.7 Å². The van der Waals surface area contributed by atoms with Crippen LogP contribution in [0.3, 0.4) is 0 Å². The number of ether oxygens (including phenoxy) is 2. The van der Waals surface area contributed by atoms with Gasteiger partial charge in [0.05, 0.1) is 0 Å². The van der Waals surface area contributed by atoms with Gasteiger partial charge in [0.2, 0.25) is 0 Å². The van der Waals surface area contributed by atoms with Gasteiger partial charge >= 0.3 is 0 Å². The number of benzene rings is 1. The minimum absolute atomic E-state index is 0.251. The van der Waals surface area contributed by atoms with Gasteiger partial charge in [-0.15, -0.1) is 10.2 Å². The third kappa shape index (κ3) is 3.18. The number of aromatic nitrogens is 4. The van der Waals surface area contributed by atoms with Crippen molar-refractivity contribution in [2.75, 3.05) is 18.5 Å². The summed E-state index contributed by atoms with van der Waals surface area (Å²) in [5.41, 5.74) is 0.846. The van der Waals surface area contributed by atoms with E-state index in [-0.39, 0.29) is 11.6 Å². The minimum Gasteiger partial charge on any atom is -0.486 e. The standard InChI is InChI=1S/C16H12BrN5O3/c17-11-2-4-14(22-8-18-19-9-22)21-15(11)16(23)20-10-1-3-12-13(7-10)25-6-5-24-12/h1-4,7-9H,5-6H2,(H,20,23). The highest BCUT2D eigenvalue weighted by atomic mass is 79.9. The zero-order valence-corrected chi connectivity index (χ0v) is 14.4. The number of fused-ring (bicyclic) bond motifs is 1. The van der Waals surface area contributed by atoms with E-state index in [0.717, 1.165) is 0 Å². The first-order valence-electron chi connectivity index (χ1n) is 7.43. The van der Waals surface area contributed by atoms with Crippen LogP contribution in [0.1, 0.15) is 10.5 Å². The quantitative estimate of drug-likeness (QED) is 0.724. The summed E-state index contributed by atoms with van der Waals surface area (Å²) in [6.07, 6.45) is 3.03. The number of nitrogens with one attached hydrogen (secondary N) is 1. The fourth-order valence-electron chi connectivity index (χ4n) is 2.37. The molecule has 0 unspecified atom stereocenters. The Bertz CT molecular complexity index is 930. The summed E-state index contributed by atoms with van der Waals surface area (Å²) in [6.45, 7) is 1.00. The molecule has 0 fully saturated rings. The highest BCUT2D eigenvalue weighted by Gasteiger charge is 2.16. The van der Waals surface area contributed by atoms with Crippen LogP contribution in [0.5, 0.6) is 11.5 Å². The first-order chi connectivity index (χ1) is 12.2. The van der Waals surface area contributed by atoms with Crippen LogP contribution in [0.25, 0.3) is 5.82 Å². The summed E-state index contributed by atoms with van der Waals surface area (Å²) in [4.78, 5) is 17.0. The predicted molar refractivity (Wildman–Crippen MR) is 92.2 cm³/mol. The molecule has 0 radical (unpaired) electrons. The number of amides is 1. The van der Waals surface area contributed by atoms with Crippen molar-refractivity contribution in [3.05, 3.63) is 53.2 Å². The molecular formula is C16H12BrN5O3. The van der Waals surface area contributed by atoms with Gasteiger partial charge in [0.1, 0.15) is 37.4 Å². The normalized spacial score (nSPS) is 12.7. The monoisotopic (exact) mass is 401 g/mol. The topological polar surface area (TPSA) is 91.2 Å². The minimum atomic E-state index is -0.349. The second-order valence-electron chi connectivity index (χ2n) is 5.18. The van der Waals surface area contributed by atoms with Crippen LogP contribution in [0.2, 0.25) is 0 Å². The molecule has 0 bridgehead atoms. The second-order valence-corrected chi connectivity index (χ2v) is 6.04. The van der Waals surface area contributed by atoms with Crippen LogP contribution in [-0.4, -0.2) is 38.9 Å². The van der Waals surface area contributed by atoms with E-state index in [4.69, 9.17) is 9.47 Å². The van der Waals surface area contributed by atoms with Crippen molar-refractivity contribution >= 4 is 27.5 Å². The summed E-state index contributed by atoms with van der Waals surface area (Å²) in [6, 6.07) is 8.75. The Labute approximate surface area is 150 Å². The molecule has 8 nitrogen and oxygen atoms in total. The Morgan fingerprint density at radius 3 is 2.64 bits per heavy atom. The van der Waals surface area contributed by atoms with Crippen LogP contribution in [0.15, 0.2) is 47.5 Å². The molecule has 0 atom stereocenters. The van der Waals surface area contributed by atoms with Gasteiger partial charge in [-0.05, 0) is 40.2 Å². The van der Waals surface area contributed by atoms with Crippen LogP contribution < -0.4 is 14.8 Å². The molecule has 3 aromatic rings. The summed E-state index contributed by atoms with van der Waals surface area (Å²) in [7, 11) is 0. The number of halogens is 1. The van der Waals surface area contributed by atoms with E-state index in [1.807, 2.05) is 0 Å². The Balaban J connectivity index is 1.60. The molecule has 3 heterocycles. The molecule has 0 spiro atoms. The molecule has 9 heteroatoms. The number of rotatable bonds is 3. The summed E-state index contributed by atoms with van der Waals surface area (Å²) >= 11 is 3.36. The molecule has 1 amide bonds. The van der Waals surface area contributed by atoms with Crippen molar-refractivity contribution in [2.45, 2.75) is 0 Å². The molecule has 2 aromatic heterocycles. The molecular weight excluding hydrogens is 390 g/mol. The number of anilines is 1. The molecule has 0 aliphatic carbocycles. The van der Waals surface area contributed by atoms with Gasteiger partial charge < -0.3 is 14.8 Å². The maximum absolute atomic E-state index is 12.6. The maximum atomic E-state index is 12.6. The lowest BCUT2D eigenvalue weighted by molar-refractivity contribution is 0.102. The Kier molecular flexibility index (Phi) is 4.06. The predicted octanol–water partition coefficient (Wildman–Crippen LogP) is 2.45.